The molecule has 0 radical (unpaired) electrons. The average molecular weight is 277 g/mol. The molecule has 2 heteroatoms. The third-order valence-corrected chi connectivity index (χ3v) is 3.68. The van der Waals surface area contributed by atoms with E-state index in [0.29, 0.717) is 12.1 Å². The van der Waals surface area contributed by atoms with Crippen LogP contribution in [-0.4, -0.2) is 19.3 Å². The van der Waals surface area contributed by atoms with Crippen molar-refractivity contribution in [3.8, 4) is 0 Å². The number of aryl methyl sites for hydroxylation is 2. The van der Waals surface area contributed by atoms with Crippen LogP contribution in [-0.2, 0) is 4.74 Å². The molecule has 1 aromatic rings. The maximum absolute atomic E-state index is 6.02. The van der Waals surface area contributed by atoms with Gasteiger partial charge in [-0.2, -0.15) is 0 Å². The van der Waals surface area contributed by atoms with Gasteiger partial charge in [0.2, 0.25) is 0 Å². The zero-order valence-corrected chi connectivity index (χ0v) is 13.8. The Kier molecular flexibility index (Phi) is 7.86. The van der Waals surface area contributed by atoms with Gasteiger partial charge in [-0.1, -0.05) is 44.0 Å². The molecule has 1 N–H and O–H groups in total. The molecule has 114 valence electrons. The number of nitrogens with one attached hydrogen (secondary N) is 1. The van der Waals surface area contributed by atoms with Crippen LogP contribution in [0.25, 0.3) is 0 Å². The van der Waals surface area contributed by atoms with Crippen molar-refractivity contribution in [3.63, 3.8) is 0 Å². The predicted octanol–water partition coefficient (Wildman–Crippen LogP) is 4.55. The van der Waals surface area contributed by atoms with E-state index in [1.807, 2.05) is 0 Å². The number of benzene rings is 1. The van der Waals surface area contributed by atoms with Gasteiger partial charge in [-0.15, -0.1) is 0 Å². The molecule has 0 aliphatic carbocycles. The van der Waals surface area contributed by atoms with Crippen molar-refractivity contribution < 1.29 is 4.74 Å². The maximum Gasteiger partial charge on any atom is 0.0665 e. The number of hydrogen-bond acceptors (Lipinski definition) is 2. The molecule has 1 rings (SSSR count). The molecule has 2 nitrogen and oxygen atoms in total. The number of ether oxygens (including phenoxy) is 1. The lowest BCUT2D eigenvalue weighted by Gasteiger charge is -2.23. The second-order valence-corrected chi connectivity index (χ2v) is 5.80. The van der Waals surface area contributed by atoms with Gasteiger partial charge in [-0.05, 0) is 51.3 Å². The SMILES string of the molecule is CCCNC(COC(C)CCC)c1ccc(C)cc1C. The smallest absolute Gasteiger partial charge is 0.0665 e. The summed E-state index contributed by atoms with van der Waals surface area (Å²) in [5.41, 5.74) is 4.04. The fourth-order valence-electron chi connectivity index (χ4n) is 2.54. The first-order valence-electron chi connectivity index (χ1n) is 8.00. The van der Waals surface area contributed by atoms with Crippen molar-refractivity contribution >= 4 is 0 Å². The zero-order chi connectivity index (χ0) is 15.0. The van der Waals surface area contributed by atoms with Crippen LogP contribution >= 0.6 is 0 Å². The summed E-state index contributed by atoms with van der Waals surface area (Å²) >= 11 is 0. The highest BCUT2D eigenvalue weighted by atomic mass is 16.5. The molecule has 2 atom stereocenters. The van der Waals surface area contributed by atoms with Crippen molar-refractivity contribution in [2.45, 2.75) is 66.0 Å². The van der Waals surface area contributed by atoms with Crippen LogP contribution in [0, 0.1) is 13.8 Å². The number of rotatable bonds is 9. The normalized spacial score (nSPS) is 14.2. The lowest BCUT2D eigenvalue weighted by atomic mass is 9.99. The van der Waals surface area contributed by atoms with Crippen molar-refractivity contribution in [3.05, 3.63) is 34.9 Å². The van der Waals surface area contributed by atoms with Gasteiger partial charge in [0.05, 0.1) is 18.8 Å². The monoisotopic (exact) mass is 277 g/mol. The third kappa shape index (κ3) is 5.64. The van der Waals surface area contributed by atoms with Crippen LogP contribution in [0.4, 0.5) is 0 Å². The Morgan fingerprint density at radius 2 is 1.90 bits per heavy atom. The van der Waals surface area contributed by atoms with Crippen molar-refractivity contribution in [1.82, 2.24) is 5.32 Å². The van der Waals surface area contributed by atoms with E-state index in [2.05, 4.69) is 58.1 Å². The Morgan fingerprint density at radius 3 is 2.50 bits per heavy atom. The van der Waals surface area contributed by atoms with Gasteiger partial charge >= 0.3 is 0 Å². The minimum absolute atomic E-state index is 0.301. The molecule has 0 fully saturated rings. The molecule has 0 spiro atoms. The van der Waals surface area contributed by atoms with Crippen LogP contribution < -0.4 is 5.32 Å². The molecule has 0 saturated heterocycles. The van der Waals surface area contributed by atoms with Gasteiger partial charge < -0.3 is 10.1 Å². The quantitative estimate of drug-likeness (QED) is 0.715. The molecule has 0 bridgehead atoms. The predicted molar refractivity (Wildman–Crippen MR) is 87.3 cm³/mol. The molecule has 20 heavy (non-hydrogen) atoms. The minimum atomic E-state index is 0.301. The van der Waals surface area contributed by atoms with Gasteiger partial charge in [0.25, 0.3) is 0 Å². The molecule has 2 unspecified atom stereocenters. The maximum atomic E-state index is 6.02. The number of hydrogen-bond donors (Lipinski definition) is 1. The topological polar surface area (TPSA) is 21.3 Å². The first kappa shape index (κ1) is 17.2. The van der Waals surface area contributed by atoms with Crippen LogP contribution in [0.1, 0.15) is 62.8 Å². The van der Waals surface area contributed by atoms with E-state index in [4.69, 9.17) is 4.74 Å². The molecule has 0 aliphatic heterocycles. The zero-order valence-electron chi connectivity index (χ0n) is 13.8. The summed E-state index contributed by atoms with van der Waals surface area (Å²) in [4.78, 5) is 0. The standard InChI is InChI=1S/C18H31NO/c1-6-8-16(5)20-13-18(19-11-7-2)17-10-9-14(3)12-15(17)4/h9-10,12,16,18-19H,6-8,11,13H2,1-5H3. The Balaban J connectivity index is 2.72. The van der Waals surface area contributed by atoms with Gasteiger partial charge in [-0.3, -0.25) is 0 Å². The first-order chi connectivity index (χ1) is 9.58. The third-order valence-electron chi connectivity index (χ3n) is 3.68. The first-order valence-corrected chi connectivity index (χ1v) is 8.00. The highest BCUT2D eigenvalue weighted by molar-refractivity contribution is 5.32. The summed E-state index contributed by atoms with van der Waals surface area (Å²) in [6, 6.07) is 6.99. The van der Waals surface area contributed by atoms with Gasteiger partial charge in [-0.25, -0.2) is 0 Å². The lowest BCUT2D eigenvalue weighted by Crippen LogP contribution is -2.28. The Hall–Kier alpha value is -0.860. The fraction of sp³-hybridized carbons (Fsp3) is 0.667. The summed E-state index contributed by atoms with van der Waals surface area (Å²) in [6.07, 6.45) is 3.80. The molecular weight excluding hydrogens is 246 g/mol. The molecule has 0 aliphatic rings. The second kappa shape index (κ2) is 9.15. The Bertz CT molecular complexity index is 389. The fourth-order valence-corrected chi connectivity index (χ4v) is 2.54. The van der Waals surface area contributed by atoms with Crippen molar-refractivity contribution in [2.75, 3.05) is 13.2 Å². The van der Waals surface area contributed by atoms with E-state index >= 15 is 0 Å². The lowest BCUT2D eigenvalue weighted by molar-refractivity contribution is 0.0439. The van der Waals surface area contributed by atoms with Gasteiger partial charge in [0.1, 0.15) is 0 Å². The molecular formula is C18H31NO. The highest BCUT2D eigenvalue weighted by Gasteiger charge is 2.14. The van der Waals surface area contributed by atoms with Crippen molar-refractivity contribution in [2.24, 2.45) is 0 Å². The average Bonchev–Trinajstić information content (AvgIpc) is 2.40. The molecule has 1 aromatic carbocycles. The van der Waals surface area contributed by atoms with E-state index in [-0.39, 0.29) is 0 Å². The van der Waals surface area contributed by atoms with E-state index < -0.39 is 0 Å². The van der Waals surface area contributed by atoms with E-state index in [1.165, 1.54) is 23.1 Å². The van der Waals surface area contributed by atoms with Crippen LogP contribution in [0.5, 0.6) is 0 Å². The Morgan fingerprint density at radius 1 is 1.15 bits per heavy atom. The van der Waals surface area contributed by atoms with Crippen LogP contribution in [0.2, 0.25) is 0 Å². The second-order valence-electron chi connectivity index (χ2n) is 5.80. The van der Waals surface area contributed by atoms with Crippen LogP contribution in [0.15, 0.2) is 18.2 Å². The molecule has 0 saturated carbocycles. The Labute approximate surface area is 124 Å². The largest absolute Gasteiger partial charge is 0.377 e. The van der Waals surface area contributed by atoms with E-state index in [1.54, 1.807) is 0 Å². The molecule has 0 aromatic heterocycles. The summed E-state index contributed by atoms with van der Waals surface area (Å²) in [6.45, 7) is 12.7. The van der Waals surface area contributed by atoms with Crippen LogP contribution in [0.3, 0.4) is 0 Å². The summed E-state index contributed by atoms with van der Waals surface area (Å²) in [5.74, 6) is 0. The summed E-state index contributed by atoms with van der Waals surface area (Å²) in [5, 5.41) is 3.62. The molecule has 0 amide bonds. The highest BCUT2D eigenvalue weighted by Crippen LogP contribution is 2.20. The summed E-state index contributed by atoms with van der Waals surface area (Å²) in [7, 11) is 0. The minimum Gasteiger partial charge on any atom is -0.377 e. The van der Waals surface area contributed by atoms with Gasteiger partial charge in [0.15, 0.2) is 0 Å². The van der Waals surface area contributed by atoms with Gasteiger partial charge in [0, 0.05) is 0 Å². The van der Waals surface area contributed by atoms with E-state index in [0.717, 1.165) is 26.0 Å². The molecule has 0 heterocycles. The van der Waals surface area contributed by atoms with Crippen molar-refractivity contribution in [1.29, 1.82) is 0 Å². The van der Waals surface area contributed by atoms with E-state index in [9.17, 15) is 0 Å². The summed E-state index contributed by atoms with van der Waals surface area (Å²) < 4.78 is 6.02.